The second-order valence-electron chi connectivity index (χ2n) is 7.15. The Bertz CT molecular complexity index is 730. The molecule has 6 heteroatoms. The zero-order valence-corrected chi connectivity index (χ0v) is 17.0. The molecule has 2 aromatic rings. The zero-order valence-electron chi connectivity index (χ0n) is 17.0. The van der Waals surface area contributed by atoms with Crippen LogP contribution in [0.1, 0.15) is 20.3 Å². The van der Waals surface area contributed by atoms with Crippen LogP contribution >= 0.6 is 0 Å². The summed E-state index contributed by atoms with van der Waals surface area (Å²) < 4.78 is 11.5. The van der Waals surface area contributed by atoms with Crippen molar-refractivity contribution in [1.29, 1.82) is 0 Å². The highest BCUT2D eigenvalue weighted by Gasteiger charge is 2.28. The van der Waals surface area contributed by atoms with Crippen molar-refractivity contribution in [3.05, 3.63) is 60.7 Å². The fourth-order valence-corrected chi connectivity index (χ4v) is 3.38. The molecule has 1 fully saturated rings. The molecule has 6 nitrogen and oxygen atoms in total. The van der Waals surface area contributed by atoms with E-state index in [-0.39, 0.29) is 11.8 Å². The minimum atomic E-state index is -0.569. The smallest absolute Gasteiger partial charge is 0.263 e. The fourth-order valence-electron chi connectivity index (χ4n) is 3.38. The number of carbonyl (C=O) groups excluding carboxylic acids is 2. The van der Waals surface area contributed by atoms with E-state index in [0.717, 1.165) is 6.42 Å². The van der Waals surface area contributed by atoms with E-state index in [1.54, 1.807) is 23.6 Å². The van der Waals surface area contributed by atoms with Crippen molar-refractivity contribution in [2.75, 3.05) is 26.2 Å². The largest absolute Gasteiger partial charge is 0.481 e. The van der Waals surface area contributed by atoms with Gasteiger partial charge in [-0.3, -0.25) is 9.59 Å². The van der Waals surface area contributed by atoms with E-state index in [1.165, 1.54) is 0 Å². The summed E-state index contributed by atoms with van der Waals surface area (Å²) in [6.45, 7) is 5.73. The molecule has 0 unspecified atom stereocenters. The van der Waals surface area contributed by atoms with Crippen molar-refractivity contribution in [3.8, 4) is 11.5 Å². The summed E-state index contributed by atoms with van der Waals surface area (Å²) in [6, 6.07) is 18.6. The predicted molar refractivity (Wildman–Crippen MR) is 111 cm³/mol. The van der Waals surface area contributed by atoms with Gasteiger partial charge in [0.05, 0.1) is 0 Å². The summed E-state index contributed by atoms with van der Waals surface area (Å²) in [5.41, 5.74) is 0. The number of hydrogen-bond acceptors (Lipinski definition) is 4. The summed E-state index contributed by atoms with van der Waals surface area (Å²) in [7, 11) is 0. The molecule has 0 saturated carbocycles. The van der Waals surface area contributed by atoms with Gasteiger partial charge in [0.15, 0.2) is 12.2 Å². The molecule has 1 aliphatic heterocycles. The normalized spacial score (nSPS) is 16.5. The molecule has 2 aromatic carbocycles. The van der Waals surface area contributed by atoms with E-state index in [1.807, 2.05) is 60.7 Å². The van der Waals surface area contributed by atoms with Gasteiger partial charge in [0.1, 0.15) is 11.5 Å². The van der Waals surface area contributed by atoms with Gasteiger partial charge in [-0.1, -0.05) is 36.4 Å². The number of benzene rings is 2. The van der Waals surface area contributed by atoms with Crippen molar-refractivity contribution in [3.63, 3.8) is 0 Å². The van der Waals surface area contributed by atoms with Crippen LogP contribution in [0.3, 0.4) is 0 Å². The minimum Gasteiger partial charge on any atom is -0.481 e. The van der Waals surface area contributed by atoms with Gasteiger partial charge in [0, 0.05) is 26.2 Å². The topological polar surface area (TPSA) is 59.1 Å². The van der Waals surface area contributed by atoms with Gasteiger partial charge in [-0.05, 0) is 44.5 Å². The molecular weight excluding hydrogens is 368 g/mol. The molecule has 1 aliphatic rings. The molecule has 0 aliphatic carbocycles. The van der Waals surface area contributed by atoms with Crippen LogP contribution in [0.5, 0.6) is 11.5 Å². The van der Waals surface area contributed by atoms with Crippen LogP contribution in [-0.4, -0.2) is 60.0 Å². The third kappa shape index (κ3) is 5.73. The Labute approximate surface area is 172 Å². The SMILES string of the molecule is C[C@@H](Oc1ccccc1)C(=O)N1CCCN(C(=O)[C@@H](C)Oc2ccccc2)CC1. The van der Waals surface area contributed by atoms with Gasteiger partial charge in [-0.2, -0.15) is 0 Å². The summed E-state index contributed by atoms with van der Waals surface area (Å²) in [4.78, 5) is 29.1. The van der Waals surface area contributed by atoms with Gasteiger partial charge in [-0.15, -0.1) is 0 Å². The van der Waals surface area contributed by atoms with E-state index < -0.39 is 12.2 Å². The number of para-hydroxylation sites is 2. The number of ether oxygens (including phenoxy) is 2. The molecule has 0 aromatic heterocycles. The van der Waals surface area contributed by atoms with Gasteiger partial charge in [0.2, 0.25) is 0 Å². The first-order valence-electron chi connectivity index (χ1n) is 10.1. The first-order chi connectivity index (χ1) is 14.0. The summed E-state index contributed by atoms with van der Waals surface area (Å²) in [5, 5.41) is 0. The van der Waals surface area contributed by atoms with Crippen LogP contribution in [-0.2, 0) is 9.59 Å². The van der Waals surface area contributed by atoms with Crippen LogP contribution in [0.25, 0.3) is 0 Å². The Morgan fingerprint density at radius 2 is 1.07 bits per heavy atom. The highest BCUT2D eigenvalue weighted by Crippen LogP contribution is 2.15. The lowest BCUT2D eigenvalue weighted by Crippen LogP contribution is -2.45. The van der Waals surface area contributed by atoms with Crippen molar-refractivity contribution >= 4 is 11.8 Å². The molecular formula is C23H28N2O4. The minimum absolute atomic E-state index is 0.0586. The quantitative estimate of drug-likeness (QED) is 0.753. The third-order valence-corrected chi connectivity index (χ3v) is 4.93. The molecule has 0 radical (unpaired) electrons. The molecule has 0 bridgehead atoms. The van der Waals surface area contributed by atoms with Gasteiger partial charge in [0.25, 0.3) is 11.8 Å². The van der Waals surface area contributed by atoms with Crippen molar-refractivity contribution in [2.24, 2.45) is 0 Å². The maximum atomic E-state index is 12.8. The monoisotopic (exact) mass is 396 g/mol. The Balaban J connectivity index is 1.52. The summed E-state index contributed by atoms with van der Waals surface area (Å²) in [6.07, 6.45) is -0.409. The second-order valence-corrected chi connectivity index (χ2v) is 7.15. The average Bonchev–Trinajstić information content (AvgIpc) is 3.00. The van der Waals surface area contributed by atoms with E-state index in [2.05, 4.69) is 0 Å². The van der Waals surface area contributed by atoms with E-state index >= 15 is 0 Å². The first-order valence-corrected chi connectivity index (χ1v) is 10.1. The van der Waals surface area contributed by atoms with Crippen molar-refractivity contribution in [2.45, 2.75) is 32.5 Å². The molecule has 154 valence electrons. The van der Waals surface area contributed by atoms with Crippen LogP contribution in [0, 0.1) is 0 Å². The lowest BCUT2D eigenvalue weighted by atomic mass is 10.3. The molecule has 1 heterocycles. The van der Waals surface area contributed by atoms with Crippen LogP contribution in [0.2, 0.25) is 0 Å². The van der Waals surface area contributed by atoms with E-state index in [9.17, 15) is 9.59 Å². The number of carbonyl (C=O) groups is 2. The van der Waals surface area contributed by atoms with Crippen molar-refractivity contribution < 1.29 is 19.1 Å². The van der Waals surface area contributed by atoms with Gasteiger partial charge in [-0.25, -0.2) is 0 Å². The van der Waals surface area contributed by atoms with Crippen molar-refractivity contribution in [1.82, 2.24) is 9.80 Å². The van der Waals surface area contributed by atoms with E-state index in [0.29, 0.717) is 37.7 Å². The van der Waals surface area contributed by atoms with Gasteiger partial charge >= 0.3 is 0 Å². The molecule has 0 spiro atoms. The van der Waals surface area contributed by atoms with Crippen LogP contribution < -0.4 is 9.47 Å². The standard InChI is InChI=1S/C23H28N2O4/c1-18(28-20-10-5-3-6-11-20)22(26)24-14-9-15-25(17-16-24)23(27)19(2)29-21-12-7-4-8-13-21/h3-8,10-13,18-19H,9,14-17H2,1-2H3/t18-,19-/m1/s1. The Morgan fingerprint density at radius 3 is 1.45 bits per heavy atom. The zero-order chi connectivity index (χ0) is 20.6. The second kappa shape index (κ2) is 9.96. The highest BCUT2D eigenvalue weighted by atomic mass is 16.5. The highest BCUT2D eigenvalue weighted by molar-refractivity contribution is 5.82. The van der Waals surface area contributed by atoms with Crippen LogP contribution in [0.4, 0.5) is 0 Å². The molecule has 2 atom stereocenters. The molecule has 29 heavy (non-hydrogen) atoms. The number of amides is 2. The number of hydrogen-bond donors (Lipinski definition) is 0. The Morgan fingerprint density at radius 1 is 0.690 bits per heavy atom. The summed E-state index contributed by atoms with van der Waals surface area (Å²) in [5.74, 6) is 1.23. The molecule has 3 rings (SSSR count). The lowest BCUT2D eigenvalue weighted by molar-refractivity contribution is -0.140. The Hall–Kier alpha value is -3.02. The number of nitrogens with zero attached hydrogens (tertiary/aromatic N) is 2. The van der Waals surface area contributed by atoms with Gasteiger partial charge < -0.3 is 19.3 Å². The molecule has 1 saturated heterocycles. The third-order valence-electron chi connectivity index (χ3n) is 4.93. The van der Waals surface area contributed by atoms with E-state index in [4.69, 9.17) is 9.47 Å². The predicted octanol–water partition coefficient (Wildman–Crippen LogP) is 2.98. The maximum Gasteiger partial charge on any atom is 0.263 e. The Kier molecular flexibility index (Phi) is 7.11. The molecule has 0 N–H and O–H groups in total. The summed E-state index contributed by atoms with van der Waals surface area (Å²) >= 11 is 0. The lowest BCUT2D eigenvalue weighted by Gasteiger charge is -2.26. The number of rotatable bonds is 6. The first kappa shape index (κ1) is 20.7. The maximum absolute atomic E-state index is 12.8. The average molecular weight is 396 g/mol. The van der Waals surface area contributed by atoms with Crippen LogP contribution in [0.15, 0.2) is 60.7 Å². The molecule has 2 amide bonds. The fraction of sp³-hybridized carbons (Fsp3) is 0.391.